The van der Waals surface area contributed by atoms with Crippen LogP contribution in [-0.4, -0.2) is 22.2 Å². The van der Waals surface area contributed by atoms with Crippen molar-refractivity contribution < 1.29 is 9.21 Å². The zero-order chi connectivity index (χ0) is 18.6. The van der Waals surface area contributed by atoms with Gasteiger partial charge in [-0.1, -0.05) is 29.8 Å². The lowest BCUT2D eigenvalue weighted by molar-refractivity contribution is 0.0954. The van der Waals surface area contributed by atoms with Gasteiger partial charge in [-0.3, -0.25) is 9.48 Å². The molecule has 0 bridgehead atoms. The van der Waals surface area contributed by atoms with Gasteiger partial charge in [0.05, 0.1) is 24.5 Å². The predicted molar refractivity (Wildman–Crippen MR) is 105 cm³/mol. The molecular formula is C21H18ClN3O2. The molecule has 1 amide bonds. The zero-order valence-electron chi connectivity index (χ0n) is 14.6. The number of fused-ring (bicyclic) bond motifs is 1. The molecule has 0 radical (unpaired) electrons. The Balaban J connectivity index is 1.50. The van der Waals surface area contributed by atoms with Crippen LogP contribution in [0, 0.1) is 0 Å². The highest BCUT2D eigenvalue weighted by Gasteiger charge is 2.10. The Kier molecular flexibility index (Phi) is 4.94. The molecule has 5 nitrogen and oxygen atoms in total. The molecule has 4 rings (SSSR count). The van der Waals surface area contributed by atoms with Crippen LogP contribution < -0.4 is 5.32 Å². The van der Waals surface area contributed by atoms with Gasteiger partial charge in [0.15, 0.2) is 0 Å². The maximum Gasteiger partial charge on any atom is 0.251 e. The monoisotopic (exact) mass is 379 g/mol. The molecule has 0 spiro atoms. The van der Waals surface area contributed by atoms with Gasteiger partial charge in [0.2, 0.25) is 0 Å². The van der Waals surface area contributed by atoms with Gasteiger partial charge in [0, 0.05) is 28.9 Å². The molecule has 0 aliphatic heterocycles. The fraction of sp³-hybridized carbons (Fsp3) is 0.143. The molecule has 0 aliphatic carbocycles. The first kappa shape index (κ1) is 17.4. The molecule has 27 heavy (non-hydrogen) atoms. The number of benzene rings is 2. The third kappa shape index (κ3) is 4.04. The summed E-state index contributed by atoms with van der Waals surface area (Å²) in [6.45, 7) is 1.11. The average molecular weight is 380 g/mol. The summed E-state index contributed by atoms with van der Waals surface area (Å²) in [5, 5.41) is 9.06. The van der Waals surface area contributed by atoms with Crippen molar-refractivity contribution in [2.24, 2.45) is 0 Å². The highest BCUT2D eigenvalue weighted by Crippen LogP contribution is 2.18. The molecule has 0 unspecified atom stereocenters. The molecule has 1 N–H and O–H groups in total. The minimum absolute atomic E-state index is 0.112. The van der Waals surface area contributed by atoms with Gasteiger partial charge in [-0.2, -0.15) is 5.10 Å². The van der Waals surface area contributed by atoms with Crippen LogP contribution in [0.25, 0.3) is 10.9 Å². The number of carbonyl (C=O) groups is 1. The molecule has 0 fully saturated rings. The fourth-order valence-corrected chi connectivity index (χ4v) is 3.21. The summed E-state index contributed by atoms with van der Waals surface area (Å²) in [6.07, 6.45) is 4.10. The number of carbonyl (C=O) groups excluding carboxylic acids is 1. The zero-order valence-corrected chi connectivity index (χ0v) is 15.3. The van der Waals surface area contributed by atoms with Gasteiger partial charge >= 0.3 is 0 Å². The Morgan fingerprint density at radius 1 is 1.15 bits per heavy atom. The second-order valence-corrected chi connectivity index (χ2v) is 6.73. The van der Waals surface area contributed by atoms with Gasteiger partial charge in [-0.15, -0.1) is 0 Å². The second-order valence-electron chi connectivity index (χ2n) is 6.29. The van der Waals surface area contributed by atoms with E-state index in [0.717, 1.165) is 22.2 Å². The topological polar surface area (TPSA) is 60.1 Å². The third-order valence-electron chi connectivity index (χ3n) is 4.37. The van der Waals surface area contributed by atoms with E-state index in [2.05, 4.69) is 10.4 Å². The molecule has 0 aliphatic rings. The van der Waals surface area contributed by atoms with Crippen molar-refractivity contribution >= 4 is 28.4 Å². The summed E-state index contributed by atoms with van der Waals surface area (Å²) in [4.78, 5) is 12.5. The first-order chi connectivity index (χ1) is 13.2. The highest BCUT2D eigenvalue weighted by molar-refractivity contribution is 6.30. The standard InChI is InChI=1S/C21H18ClN3O2/c22-18-4-1-3-15(11-18)14-25-20-12-16(6-7-17(20)13-24-25)21(26)23-9-8-19-5-2-10-27-19/h1-7,10-13H,8-9,14H2,(H,23,26). The molecule has 0 atom stereocenters. The number of hydrogen-bond acceptors (Lipinski definition) is 3. The number of hydrogen-bond donors (Lipinski definition) is 1. The Morgan fingerprint density at radius 3 is 2.89 bits per heavy atom. The van der Waals surface area contributed by atoms with Crippen LogP contribution >= 0.6 is 11.6 Å². The number of amides is 1. The van der Waals surface area contributed by atoms with Crippen LogP contribution in [0.2, 0.25) is 5.02 Å². The Hall–Kier alpha value is -3.05. The minimum atomic E-state index is -0.112. The third-order valence-corrected chi connectivity index (χ3v) is 4.60. The number of furan rings is 1. The number of halogens is 1. The van der Waals surface area contributed by atoms with Gasteiger partial charge < -0.3 is 9.73 Å². The SMILES string of the molecule is O=C(NCCc1ccco1)c1ccc2cnn(Cc3cccc(Cl)c3)c2c1. The lowest BCUT2D eigenvalue weighted by Gasteiger charge is -2.07. The Morgan fingerprint density at radius 2 is 2.07 bits per heavy atom. The number of nitrogens with one attached hydrogen (secondary N) is 1. The second kappa shape index (κ2) is 7.68. The van der Waals surface area contributed by atoms with Crippen molar-refractivity contribution in [2.75, 3.05) is 6.54 Å². The molecule has 6 heteroatoms. The lowest BCUT2D eigenvalue weighted by Crippen LogP contribution is -2.25. The van der Waals surface area contributed by atoms with Crippen molar-refractivity contribution in [3.63, 3.8) is 0 Å². The van der Waals surface area contributed by atoms with Gasteiger partial charge in [-0.25, -0.2) is 0 Å². The number of nitrogens with zero attached hydrogens (tertiary/aromatic N) is 2. The van der Waals surface area contributed by atoms with E-state index in [-0.39, 0.29) is 5.91 Å². The van der Waals surface area contributed by atoms with E-state index in [1.54, 1.807) is 12.5 Å². The molecular weight excluding hydrogens is 362 g/mol. The first-order valence-corrected chi connectivity index (χ1v) is 9.07. The quantitative estimate of drug-likeness (QED) is 0.543. The van der Waals surface area contributed by atoms with Crippen molar-refractivity contribution in [3.05, 3.63) is 89.0 Å². The van der Waals surface area contributed by atoms with Crippen LogP contribution in [-0.2, 0) is 13.0 Å². The molecule has 2 heterocycles. The molecule has 2 aromatic carbocycles. The smallest absolute Gasteiger partial charge is 0.251 e. The van der Waals surface area contributed by atoms with E-state index in [0.29, 0.717) is 30.1 Å². The average Bonchev–Trinajstić information content (AvgIpc) is 3.32. The molecule has 2 aromatic heterocycles. The largest absolute Gasteiger partial charge is 0.469 e. The number of aromatic nitrogens is 2. The van der Waals surface area contributed by atoms with Crippen LogP contribution in [0.4, 0.5) is 0 Å². The molecule has 4 aromatic rings. The summed E-state index contributed by atoms with van der Waals surface area (Å²) < 4.78 is 7.15. The van der Waals surface area contributed by atoms with Crippen LogP contribution in [0.3, 0.4) is 0 Å². The predicted octanol–water partition coefficient (Wildman–Crippen LogP) is 4.30. The fourth-order valence-electron chi connectivity index (χ4n) is 3.00. The maximum absolute atomic E-state index is 12.5. The molecule has 136 valence electrons. The lowest BCUT2D eigenvalue weighted by atomic mass is 10.1. The van der Waals surface area contributed by atoms with E-state index in [4.69, 9.17) is 16.0 Å². The first-order valence-electron chi connectivity index (χ1n) is 8.70. The summed E-state index contributed by atoms with van der Waals surface area (Å²) >= 11 is 6.07. The summed E-state index contributed by atoms with van der Waals surface area (Å²) in [5.41, 5.74) is 2.57. The normalized spacial score (nSPS) is 11.0. The molecule has 0 saturated heterocycles. The van der Waals surface area contributed by atoms with Crippen molar-refractivity contribution in [3.8, 4) is 0 Å². The Labute approximate surface area is 161 Å². The van der Waals surface area contributed by atoms with Gasteiger partial charge in [0.25, 0.3) is 5.91 Å². The van der Waals surface area contributed by atoms with E-state index < -0.39 is 0 Å². The van der Waals surface area contributed by atoms with Gasteiger partial charge in [-0.05, 0) is 42.0 Å². The van der Waals surface area contributed by atoms with E-state index >= 15 is 0 Å². The number of rotatable bonds is 6. The van der Waals surface area contributed by atoms with Crippen molar-refractivity contribution in [1.29, 1.82) is 0 Å². The summed E-state index contributed by atoms with van der Waals surface area (Å²) in [5.74, 6) is 0.740. The van der Waals surface area contributed by atoms with Crippen LogP contribution in [0.5, 0.6) is 0 Å². The summed E-state index contributed by atoms with van der Waals surface area (Å²) in [7, 11) is 0. The van der Waals surface area contributed by atoms with E-state index in [1.807, 2.05) is 59.3 Å². The Bertz CT molecular complexity index is 1070. The minimum Gasteiger partial charge on any atom is -0.469 e. The van der Waals surface area contributed by atoms with Crippen LogP contribution in [0.1, 0.15) is 21.7 Å². The van der Waals surface area contributed by atoms with Crippen molar-refractivity contribution in [1.82, 2.24) is 15.1 Å². The maximum atomic E-state index is 12.5. The molecule has 0 saturated carbocycles. The van der Waals surface area contributed by atoms with E-state index in [1.165, 1.54) is 0 Å². The highest BCUT2D eigenvalue weighted by atomic mass is 35.5. The van der Waals surface area contributed by atoms with E-state index in [9.17, 15) is 4.79 Å². The van der Waals surface area contributed by atoms with Gasteiger partial charge in [0.1, 0.15) is 5.76 Å². The summed E-state index contributed by atoms with van der Waals surface area (Å²) in [6, 6.07) is 17.0. The van der Waals surface area contributed by atoms with Crippen molar-refractivity contribution in [2.45, 2.75) is 13.0 Å². The van der Waals surface area contributed by atoms with Crippen LogP contribution in [0.15, 0.2) is 71.5 Å².